The van der Waals surface area contributed by atoms with Crippen LogP contribution in [0.2, 0.25) is 0 Å². The molecule has 0 spiro atoms. The molecule has 0 amide bonds. The number of rotatable bonds is 4. The Labute approximate surface area is 144 Å². The zero-order chi connectivity index (χ0) is 17.6. The van der Waals surface area contributed by atoms with E-state index in [4.69, 9.17) is 5.11 Å². The van der Waals surface area contributed by atoms with Gasteiger partial charge in [-0.2, -0.15) is 15.6 Å². The second-order valence-electron chi connectivity index (χ2n) is 6.66. The summed E-state index contributed by atoms with van der Waals surface area (Å²) in [5, 5.41) is 32.1. The van der Waals surface area contributed by atoms with Gasteiger partial charge in [0.15, 0.2) is 0 Å². The van der Waals surface area contributed by atoms with E-state index < -0.39 is 5.97 Å². The summed E-state index contributed by atoms with van der Waals surface area (Å²) in [7, 11) is 0. The monoisotopic (exact) mass is 333 g/mol. The van der Waals surface area contributed by atoms with E-state index in [0.29, 0.717) is 29.5 Å². The van der Waals surface area contributed by atoms with Gasteiger partial charge in [0.2, 0.25) is 0 Å². The maximum atomic E-state index is 10.9. The fourth-order valence-corrected chi connectivity index (χ4v) is 3.63. The molecule has 1 aliphatic heterocycles. The van der Waals surface area contributed by atoms with Crippen molar-refractivity contribution < 1.29 is 9.90 Å². The van der Waals surface area contributed by atoms with Crippen molar-refractivity contribution in [2.75, 3.05) is 18.0 Å². The number of hydrogen-bond donors (Lipinski definition) is 1. The minimum atomic E-state index is -1.04. The number of aromatic carboxylic acids is 1. The van der Waals surface area contributed by atoms with Crippen LogP contribution in [0, 0.1) is 34.5 Å². The van der Waals surface area contributed by atoms with E-state index in [2.05, 4.69) is 22.1 Å². The van der Waals surface area contributed by atoms with E-state index in [-0.39, 0.29) is 5.56 Å². The average Bonchev–Trinajstić information content (AvgIpc) is 2.99. The highest BCUT2D eigenvalue weighted by Gasteiger charge is 2.46. The van der Waals surface area contributed by atoms with Crippen LogP contribution in [0.25, 0.3) is 0 Å². The summed E-state index contributed by atoms with van der Waals surface area (Å²) in [5.74, 6) is 0.372. The number of fused-ring (bicyclic) bond motifs is 1. The van der Waals surface area contributed by atoms with Crippen LogP contribution in [0.3, 0.4) is 0 Å². The van der Waals surface area contributed by atoms with Gasteiger partial charge in [-0.1, -0.05) is 0 Å². The molecule has 1 saturated heterocycles. The predicted molar refractivity (Wildman–Crippen MR) is 88.0 cm³/mol. The van der Waals surface area contributed by atoms with Crippen LogP contribution < -0.4 is 4.90 Å². The molecule has 2 unspecified atom stereocenters. The molecular formula is C18H15N5O2. The quantitative estimate of drug-likeness (QED) is 0.915. The van der Waals surface area contributed by atoms with E-state index in [9.17, 15) is 15.3 Å². The van der Waals surface area contributed by atoms with Crippen molar-refractivity contribution in [1.82, 2.24) is 9.78 Å². The van der Waals surface area contributed by atoms with Crippen LogP contribution in [-0.4, -0.2) is 33.9 Å². The number of aromatic nitrogens is 2. The predicted octanol–water partition coefficient (Wildman–Crippen LogP) is 1.83. The Morgan fingerprint density at radius 2 is 1.88 bits per heavy atom. The van der Waals surface area contributed by atoms with Crippen molar-refractivity contribution in [1.29, 1.82) is 10.5 Å². The molecule has 2 aromatic rings. The highest BCUT2D eigenvalue weighted by molar-refractivity contribution is 5.86. The third kappa shape index (κ3) is 2.70. The largest absolute Gasteiger partial charge is 0.478 e. The lowest BCUT2D eigenvalue weighted by molar-refractivity contribution is 0.0697. The van der Waals surface area contributed by atoms with Crippen LogP contribution in [0.5, 0.6) is 0 Å². The van der Waals surface area contributed by atoms with Crippen molar-refractivity contribution >= 4 is 11.7 Å². The zero-order valence-electron chi connectivity index (χ0n) is 13.4. The highest BCUT2D eigenvalue weighted by atomic mass is 16.4. The smallest absolute Gasteiger partial charge is 0.338 e. The molecule has 4 rings (SSSR count). The van der Waals surface area contributed by atoms with Crippen LogP contribution in [-0.2, 0) is 6.54 Å². The third-order valence-electron chi connectivity index (χ3n) is 4.93. The summed E-state index contributed by atoms with van der Waals surface area (Å²) in [6.45, 7) is 2.13. The second-order valence-corrected chi connectivity index (χ2v) is 6.66. The van der Waals surface area contributed by atoms with Gasteiger partial charge >= 0.3 is 5.97 Å². The lowest BCUT2D eigenvalue weighted by Gasteiger charge is -2.23. The summed E-state index contributed by atoms with van der Waals surface area (Å²) in [6, 6.07) is 7.95. The molecule has 2 atom stereocenters. The minimum Gasteiger partial charge on any atom is -0.478 e. The molecular weight excluding hydrogens is 318 g/mol. The first-order valence-corrected chi connectivity index (χ1v) is 8.07. The Balaban J connectivity index is 1.66. The van der Waals surface area contributed by atoms with E-state index in [1.807, 2.05) is 0 Å². The first-order chi connectivity index (χ1) is 12.1. The first-order valence-electron chi connectivity index (χ1n) is 8.07. The molecule has 1 N–H and O–H groups in total. The second kappa shape index (κ2) is 5.64. The minimum absolute atomic E-state index is 0.105. The first kappa shape index (κ1) is 15.2. The Kier molecular flexibility index (Phi) is 3.43. The molecule has 1 aromatic heterocycles. The molecule has 7 heteroatoms. The lowest BCUT2D eigenvalue weighted by atomic mass is 10.0. The number of piperidine rings is 1. The van der Waals surface area contributed by atoms with Gasteiger partial charge < -0.3 is 10.0 Å². The summed E-state index contributed by atoms with van der Waals surface area (Å²) in [6.07, 6.45) is 3.97. The molecule has 2 fully saturated rings. The number of anilines is 1. The van der Waals surface area contributed by atoms with E-state index in [1.165, 1.54) is 23.5 Å². The molecule has 2 aliphatic rings. The highest BCUT2D eigenvalue weighted by Crippen LogP contribution is 2.47. The van der Waals surface area contributed by atoms with Crippen molar-refractivity contribution in [3.8, 4) is 12.1 Å². The Morgan fingerprint density at radius 1 is 1.24 bits per heavy atom. The number of nitriles is 2. The summed E-state index contributed by atoms with van der Waals surface area (Å²) in [5.41, 5.74) is 2.56. The van der Waals surface area contributed by atoms with Gasteiger partial charge in [-0.25, -0.2) is 4.79 Å². The van der Waals surface area contributed by atoms with Crippen molar-refractivity contribution in [2.24, 2.45) is 11.8 Å². The number of nitrogens with zero attached hydrogens (tertiary/aromatic N) is 5. The SMILES string of the molecule is N#Cc1cc(Cn2cc(C(=O)O)cn2)cc(C#N)c1N1CC2CC2C1. The Bertz CT molecular complexity index is 904. The molecule has 0 bridgehead atoms. The molecule has 124 valence electrons. The van der Waals surface area contributed by atoms with Gasteiger partial charge in [0.05, 0.1) is 35.1 Å². The number of benzene rings is 1. The van der Waals surface area contributed by atoms with Crippen molar-refractivity contribution in [2.45, 2.75) is 13.0 Å². The lowest BCUT2D eigenvalue weighted by Crippen LogP contribution is -2.24. The topological polar surface area (TPSA) is 106 Å². The molecule has 2 heterocycles. The Morgan fingerprint density at radius 3 is 2.40 bits per heavy atom. The molecule has 1 aliphatic carbocycles. The van der Waals surface area contributed by atoms with Gasteiger partial charge in [-0.3, -0.25) is 4.68 Å². The molecule has 7 nitrogen and oxygen atoms in total. The normalized spacial score (nSPS) is 20.6. The molecule has 0 radical (unpaired) electrons. The van der Waals surface area contributed by atoms with Gasteiger partial charge in [-0.05, 0) is 36.0 Å². The number of carboxylic acid groups (broad SMARTS) is 1. The Hall–Kier alpha value is -3.32. The maximum absolute atomic E-state index is 10.9. The van der Waals surface area contributed by atoms with Crippen LogP contribution in [0.15, 0.2) is 24.5 Å². The van der Waals surface area contributed by atoms with Gasteiger partial charge in [0.25, 0.3) is 0 Å². The van der Waals surface area contributed by atoms with Crippen LogP contribution in [0.1, 0.15) is 33.5 Å². The average molecular weight is 333 g/mol. The maximum Gasteiger partial charge on any atom is 0.338 e. The molecule has 1 saturated carbocycles. The van der Waals surface area contributed by atoms with Gasteiger partial charge in [0, 0.05) is 19.3 Å². The van der Waals surface area contributed by atoms with Crippen molar-refractivity contribution in [3.05, 3.63) is 46.8 Å². The number of carboxylic acids is 1. The standard InChI is InChI=1S/C18H15N5O2/c19-4-12-1-11(7-23-10-16(6-21-23)18(24)25)2-13(5-20)17(12)22-8-14-3-15(14)9-22/h1-2,6,10,14-15H,3,7-9H2,(H,24,25). The third-order valence-corrected chi connectivity index (χ3v) is 4.93. The summed E-state index contributed by atoms with van der Waals surface area (Å²) in [4.78, 5) is 13.1. The zero-order valence-corrected chi connectivity index (χ0v) is 13.4. The van der Waals surface area contributed by atoms with Crippen molar-refractivity contribution in [3.63, 3.8) is 0 Å². The summed E-state index contributed by atoms with van der Waals surface area (Å²) >= 11 is 0. The van der Waals surface area contributed by atoms with E-state index in [1.54, 1.807) is 12.1 Å². The van der Waals surface area contributed by atoms with Crippen LogP contribution in [0.4, 0.5) is 5.69 Å². The fraction of sp³-hybridized carbons (Fsp3) is 0.333. The van der Waals surface area contributed by atoms with Gasteiger partial charge in [-0.15, -0.1) is 0 Å². The number of carbonyl (C=O) groups is 1. The van der Waals surface area contributed by atoms with E-state index >= 15 is 0 Å². The molecule has 1 aromatic carbocycles. The van der Waals surface area contributed by atoms with E-state index in [0.717, 1.165) is 24.3 Å². The summed E-state index contributed by atoms with van der Waals surface area (Å²) < 4.78 is 1.49. The van der Waals surface area contributed by atoms with Crippen LogP contribution >= 0.6 is 0 Å². The number of hydrogen-bond acceptors (Lipinski definition) is 5. The fourth-order valence-electron chi connectivity index (χ4n) is 3.63. The molecule has 25 heavy (non-hydrogen) atoms. The van der Waals surface area contributed by atoms with Gasteiger partial charge in [0.1, 0.15) is 12.1 Å².